The lowest BCUT2D eigenvalue weighted by Crippen LogP contribution is -2.43. The number of nitrogens with zero attached hydrogens (tertiary/aromatic N) is 1. The molecule has 0 radical (unpaired) electrons. The maximum absolute atomic E-state index is 13.7. The summed E-state index contributed by atoms with van der Waals surface area (Å²) in [5, 5.41) is 13.2. The van der Waals surface area contributed by atoms with Gasteiger partial charge in [0.15, 0.2) is 17.3 Å². The van der Waals surface area contributed by atoms with Crippen LogP contribution in [0.1, 0.15) is 11.1 Å². The Kier molecular flexibility index (Phi) is 4.04. The van der Waals surface area contributed by atoms with Gasteiger partial charge in [-0.25, -0.2) is 4.39 Å². The molecule has 1 aromatic carbocycles. The summed E-state index contributed by atoms with van der Waals surface area (Å²) < 4.78 is 18.6. The number of piperazine rings is 1. The summed E-state index contributed by atoms with van der Waals surface area (Å²) in [5.74, 6) is -0.676. The molecule has 0 atom stereocenters. The summed E-state index contributed by atoms with van der Waals surface area (Å²) in [4.78, 5) is 2.24. The molecule has 5 heteroatoms. The van der Waals surface area contributed by atoms with Gasteiger partial charge in [0.2, 0.25) is 0 Å². The minimum absolute atomic E-state index is 0.0726. The van der Waals surface area contributed by atoms with Crippen molar-refractivity contribution in [3.05, 3.63) is 23.0 Å². The molecule has 1 fully saturated rings. The smallest absolute Gasteiger partial charge is 0.196 e. The minimum Gasteiger partial charge on any atom is -0.504 e. The Morgan fingerprint density at radius 1 is 1.44 bits per heavy atom. The number of phenols is 1. The lowest BCUT2D eigenvalue weighted by atomic mass is 10.1. The van der Waals surface area contributed by atoms with Gasteiger partial charge in [-0.3, -0.25) is 4.90 Å². The van der Waals surface area contributed by atoms with Gasteiger partial charge in [0, 0.05) is 32.7 Å². The van der Waals surface area contributed by atoms with Crippen molar-refractivity contribution in [1.29, 1.82) is 0 Å². The van der Waals surface area contributed by atoms with E-state index in [4.69, 9.17) is 4.74 Å². The topological polar surface area (TPSA) is 44.7 Å². The van der Waals surface area contributed by atoms with E-state index in [1.54, 1.807) is 6.92 Å². The summed E-state index contributed by atoms with van der Waals surface area (Å²) in [6.07, 6.45) is 0. The molecule has 0 spiro atoms. The third-order valence-electron chi connectivity index (χ3n) is 3.38. The van der Waals surface area contributed by atoms with Gasteiger partial charge >= 0.3 is 0 Å². The molecule has 0 aromatic heterocycles. The van der Waals surface area contributed by atoms with Gasteiger partial charge in [0.25, 0.3) is 0 Å². The van der Waals surface area contributed by atoms with Gasteiger partial charge in [0.1, 0.15) is 0 Å². The van der Waals surface area contributed by atoms with E-state index in [1.807, 2.05) is 0 Å². The van der Waals surface area contributed by atoms with Crippen LogP contribution in [0.2, 0.25) is 0 Å². The molecule has 4 nitrogen and oxygen atoms in total. The normalized spacial score (nSPS) is 16.8. The van der Waals surface area contributed by atoms with E-state index in [0.717, 1.165) is 31.7 Å². The van der Waals surface area contributed by atoms with Crippen molar-refractivity contribution in [2.24, 2.45) is 0 Å². The van der Waals surface area contributed by atoms with E-state index >= 15 is 0 Å². The molecule has 1 aliphatic rings. The second-order valence-corrected chi connectivity index (χ2v) is 4.55. The van der Waals surface area contributed by atoms with Crippen LogP contribution in [0.4, 0.5) is 4.39 Å². The highest BCUT2D eigenvalue weighted by atomic mass is 19.1. The lowest BCUT2D eigenvalue weighted by Gasteiger charge is -2.28. The molecule has 0 unspecified atom stereocenters. The van der Waals surface area contributed by atoms with Crippen molar-refractivity contribution in [1.82, 2.24) is 10.2 Å². The van der Waals surface area contributed by atoms with Crippen LogP contribution in [0.3, 0.4) is 0 Å². The first-order chi connectivity index (χ1) is 8.63. The number of hydrogen-bond donors (Lipinski definition) is 2. The Labute approximate surface area is 106 Å². The molecule has 1 aromatic rings. The number of rotatable bonds is 3. The number of nitrogens with one attached hydrogen (secondary N) is 1. The molecule has 0 amide bonds. The SMILES string of the molecule is COc1c(F)cc(CN2CCNCC2)c(C)c1O. The van der Waals surface area contributed by atoms with Crippen LogP contribution in [-0.2, 0) is 6.54 Å². The fourth-order valence-corrected chi connectivity index (χ4v) is 2.23. The van der Waals surface area contributed by atoms with Gasteiger partial charge in [-0.2, -0.15) is 0 Å². The van der Waals surface area contributed by atoms with E-state index in [9.17, 15) is 9.50 Å². The highest BCUT2D eigenvalue weighted by Crippen LogP contribution is 2.35. The monoisotopic (exact) mass is 254 g/mol. The summed E-state index contributed by atoms with van der Waals surface area (Å²) in [6, 6.07) is 1.45. The number of methoxy groups -OCH3 is 1. The Hall–Kier alpha value is -1.33. The zero-order chi connectivity index (χ0) is 13.1. The predicted molar refractivity (Wildman–Crippen MR) is 67.5 cm³/mol. The predicted octanol–water partition coefficient (Wildman–Crippen LogP) is 1.25. The van der Waals surface area contributed by atoms with Crippen LogP contribution in [-0.4, -0.2) is 43.3 Å². The molecular formula is C13H19FN2O2. The first-order valence-electron chi connectivity index (χ1n) is 6.11. The van der Waals surface area contributed by atoms with Gasteiger partial charge < -0.3 is 15.2 Å². The first-order valence-corrected chi connectivity index (χ1v) is 6.11. The summed E-state index contributed by atoms with van der Waals surface area (Å²) >= 11 is 0. The minimum atomic E-state index is -0.509. The maximum atomic E-state index is 13.7. The highest BCUT2D eigenvalue weighted by molar-refractivity contribution is 5.50. The Bertz CT molecular complexity index is 431. The van der Waals surface area contributed by atoms with Crippen molar-refractivity contribution >= 4 is 0 Å². The fraction of sp³-hybridized carbons (Fsp3) is 0.538. The zero-order valence-electron chi connectivity index (χ0n) is 10.8. The van der Waals surface area contributed by atoms with E-state index in [-0.39, 0.29) is 11.5 Å². The van der Waals surface area contributed by atoms with Gasteiger partial charge in [-0.05, 0) is 24.1 Å². The van der Waals surface area contributed by atoms with Crippen molar-refractivity contribution in [2.75, 3.05) is 33.3 Å². The molecule has 100 valence electrons. The molecule has 1 aliphatic heterocycles. The van der Waals surface area contributed by atoms with Crippen LogP contribution >= 0.6 is 0 Å². The van der Waals surface area contributed by atoms with E-state index < -0.39 is 5.82 Å². The van der Waals surface area contributed by atoms with E-state index in [0.29, 0.717) is 12.1 Å². The van der Waals surface area contributed by atoms with Crippen LogP contribution in [0.15, 0.2) is 6.07 Å². The third-order valence-corrected chi connectivity index (χ3v) is 3.38. The van der Waals surface area contributed by atoms with Crippen LogP contribution in [0, 0.1) is 12.7 Å². The Balaban J connectivity index is 2.22. The molecule has 1 saturated heterocycles. The molecular weight excluding hydrogens is 235 g/mol. The fourth-order valence-electron chi connectivity index (χ4n) is 2.23. The number of halogens is 1. The first kappa shape index (κ1) is 13.1. The Morgan fingerprint density at radius 2 is 2.11 bits per heavy atom. The molecule has 0 saturated carbocycles. The molecule has 0 aliphatic carbocycles. The Morgan fingerprint density at radius 3 is 2.72 bits per heavy atom. The van der Waals surface area contributed by atoms with Crippen molar-refractivity contribution in [2.45, 2.75) is 13.5 Å². The van der Waals surface area contributed by atoms with E-state index in [1.165, 1.54) is 13.2 Å². The molecule has 0 bridgehead atoms. The van der Waals surface area contributed by atoms with Crippen LogP contribution in [0.5, 0.6) is 11.5 Å². The van der Waals surface area contributed by atoms with Crippen LogP contribution < -0.4 is 10.1 Å². The number of ether oxygens (including phenoxy) is 1. The molecule has 2 rings (SSSR count). The molecule has 1 heterocycles. The number of aromatic hydroxyl groups is 1. The maximum Gasteiger partial charge on any atom is 0.196 e. The summed E-state index contributed by atoms with van der Waals surface area (Å²) in [5.41, 5.74) is 1.50. The second-order valence-electron chi connectivity index (χ2n) is 4.55. The van der Waals surface area contributed by atoms with Gasteiger partial charge in [0.05, 0.1) is 7.11 Å². The van der Waals surface area contributed by atoms with Crippen molar-refractivity contribution < 1.29 is 14.2 Å². The largest absolute Gasteiger partial charge is 0.504 e. The van der Waals surface area contributed by atoms with Crippen molar-refractivity contribution in [3.8, 4) is 11.5 Å². The summed E-state index contributed by atoms with van der Waals surface area (Å²) in [7, 11) is 1.35. The van der Waals surface area contributed by atoms with Crippen LogP contribution in [0.25, 0.3) is 0 Å². The third kappa shape index (κ3) is 2.57. The van der Waals surface area contributed by atoms with Crippen molar-refractivity contribution in [3.63, 3.8) is 0 Å². The van der Waals surface area contributed by atoms with Gasteiger partial charge in [-0.15, -0.1) is 0 Å². The lowest BCUT2D eigenvalue weighted by molar-refractivity contribution is 0.232. The average molecular weight is 254 g/mol. The number of phenolic OH excluding ortho intramolecular Hbond substituents is 1. The van der Waals surface area contributed by atoms with Gasteiger partial charge in [-0.1, -0.05) is 0 Å². The summed E-state index contributed by atoms with van der Waals surface area (Å²) in [6.45, 7) is 6.21. The standard InChI is InChI=1S/C13H19FN2O2/c1-9-10(8-16-5-3-15-4-6-16)7-11(14)13(18-2)12(9)17/h7,15,17H,3-6,8H2,1-2H3. The zero-order valence-corrected chi connectivity index (χ0v) is 10.8. The highest BCUT2D eigenvalue weighted by Gasteiger charge is 2.18. The molecule has 2 N–H and O–H groups in total. The quantitative estimate of drug-likeness (QED) is 0.852. The number of benzene rings is 1. The van der Waals surface area contributed by atoms with E-state index in [2.05, 4.69) is 10.2 Å². The average Bonchev–Trinajstić information content (AvgIpc) is 2.37. The molecule has 18 heavy (non-hydrogen) atoms. The second kappa shape index (κ2) is 5.54. The number of hydrogen-bond acceptors (Lipinski definition) is 4.